The maximum absolute atomic E-state index is 11.4. The summed E-state index contributed by atoms with van der Waals surface area (Å²) in [6.07, 6.45) is 0. The van der Waals surface area contributed by atoms with Crippen LogP contribution in [0.2, 0.25) is 0 Å². The molecular formula is C11H9N7OS. The average molecular weight is 287 g/mol. The first-order chi connectivity index (χ1) is 9.81. The molecule has 4 rings (SSSR count). The number of para-hydroxylation sites is 1. The molecule has 3 aromatic rings. The van der Waals surface area contributed by atoms with E-state index in [-0.39, 0.29) is 5.91 Å². The molecule has 0 unspecified atom stereocenters. The number of carbonyl (C=O) groups is 1. The van der Waals surface area contributed by atoms with E-state index in [1.165, 1.54) is 11.8 Å². The molecular weight excluding hydrogens is 278 g/mol. The number of aromatic nitrogens is 6. The van der Waals surface area contributed by atoms with Crippen LogP contribution in [0.15, 0.2) is 29.4 Å². The van der Waals surface area contributed by atoms with Gasteiger partial charge in [0.15, 0.2) is 5.82 Å². The first-order valence-electron chi connectivity index (χ1n) is 5.96. The second kappa shape index (κ2) is 4.30. The summed E-state index contributed by atoms with van der Waals surface area (Å²) in [4.78, 5) is 11.4. The Labute approximate surface area is 117 Å². The molecule has 8 nitrogen and oxygen atoms in total. The van der Waals surface area contributed by atoms with Crippen LogP contribution in [0.25, 0.3) is 11.0 Å². The largest absolute Gasteiger partial charge is 0.272 e. The maximum Gasteiger partial charge on any atom is 0.249 e. The fraction of sp³-hybridized carbons (Fsp3) is 0.182. The van der Waals surface area contributed by atoms with E-state index < -0.39 is 0 Å². The zero-order valence-corrected chi connectivity index (χ0v) is 11.0. The Morgan fingerprint density at radius 1 is 1.25 bits per heavy atom. The Kier molecular flexibility index (Phi) is 2.46. The number of hydrogen-bond acceptors (Lipinski definition) is 6. The highest BCUT2D eigenvalue weighted by Gasteiger charge is 2.21. The SMILES string of the molecule is O=C1CSc2nnc(Cn3nnc4ccccc43)n2N1. The summed E-state index contributed by atoms with van der Waals surface area (Å²) in [6, 6.07) is 7.68. The van der Waals surface area contributed by atoms with Crippen LogP contribution in [0.1, 0.15) is 5.82 Å². The fourth-order valence-corrected chi connectivity index (χ4v) is 2.77. The summed E-state index contributed by atoms with van der Waals surface area (Å²) < 4.78 is 3.34. The van der Waals surface area contributed by atoms with Gasteiger partial charge in [-0.05, 0) is 12.1 Å². The number of carbonyl (C=O) groups excluding carboxylic acids is 1. The molecule has 1 aliphatic rings. The molecule has 0 saturated heterocycles. The number of hydrogen-bond donors (Lipinski definition) is 1. The van der Waals surface area contributed by atoms with E-state index in [1.54, 1.807) is 9.36 Å². The van der Waals surface area contributed by atoms with E-state index in [1.807, 2.05) is 24.3 Å². The Balaban J connectivity index is 1.73. The second-order valence-electron chi connectivity index (χ2n) is 4.29. The number of fused-ring (bicyclic) bond motifs is 2. The summed E-state index contributed by atoms with van der Waals surface area (Å²) in [5.41, 5.74) is 4.48. The topological polar surface area (TPSA) is 90.5 Å². The van der Waals surface area contributed by atoms with Gasteiger partial charge < -0.3 is 0 Å². The van der Waals surface area contributed by atoms with Crippen molar-refractivity contribution in [3.05, 3.63) is 30.1 Å². The molecule has 0 atom stereocenters. The van der Waals surface area contributed by atoms with Crippen molar-refractivity contribution in [2.75, 3.05) is 11.2 Å². The first kappa shape index (κ1) is 11.4. The van der Waals surface area contributed by atoms with Crippen LogP contribution in [0.4, 0.5) is 0 Å². The summed E-state index contributed by atoms with van der Waals surface area (Å²) in [6.45, 7) is 0.397. The molecule has 20 heavy (non-hydrogen) atoms. The monoisotopic (exact) mass is 287 g/mol. The van der Waals surface area contributed by atoms with Crippen molar-refractivity contribution < 1.29 is 4.79 Å². The molecule has 1 amide bonds. The quantitative estimate of drug-likeness (QED) is 0.726. The lowest BCUT2D eigenvalue weighted by molar-refractivity contribution is -0.115. The third kappa shape index (κ3) is 1.74. The summed E-state index contributed by atoms with van der Waals surface area (Å²) in [7, 11) is 0. The van der Waals surface area contributed by atoms with E-state index in [2.05, 4.69) is 25.9 Å². The molecule has 1 aromatic carbocycles. The number of nitrogens with one attached hydrogen (secondary N) is 1. The van der Waals surface area contributed by atoms with Crippen molar-refractivity contribution in [3.63, 3.8) is 0 Å². The summed E-state index contributed by atoms with van der Waals surface area (Å²) in [5.74, 6) is 0.924. The van der Waals surface area contributed by atoms with Crippen molar-refractivity contribution in [3.8, 4) is 0 Å². The van der Waals surface area contributed by atoms with E-state index in [0.717, 1.165) is 11.0 Å². The van der Waals surface area contributed by atoms with Crippen LogP contribution in [0, 0.1) is 0 Å². The number of nitrogens with zero attached hydrogens (tertiary/aromatic N) is 6. The van der Waals surface area contributed by atoms with Gasteiger partial charge in [-0.3, -0.25) is 10.2 Å². The predicted molar refractivity (Wildman–Crippen MR) is 71.7 cm³/mol. The molecule has 1 aliphatic heterocycles. The van der Waals surface area contributed by atoms with Gasteiger partial charge in [0, 0.05) is 0 Å². The normalized spacial score (nSPS) is 14.3. The number of amides is 1. The standard InChI is InChI=1S/C11H9N7OS/c19-10-6-20-11-14-13-9(18(11)15-10)5-17-8-4-2-1-3-7(8)12-16-17/h1-4H,5-6H2,(H,15,19). The third-order valence-electron chi connectivity index (χ3n) is 2.98. The highest BCUT2D eigenvalue weighted by atomic mass is 32.2. The van der Waals surface area contributed by atoms with E-state index in [9.17, 15) is 4.79 Å². The van der Waals surface area contributed by atoms with Crippen LogP contribution >= 0.6 is 11.8 Å². The van der Waals surface area contributed by atoms with Gasteiger partial charge in [-0.2, -0.15) is 0 Å². The molecule has 100 valence electrons. The van der Waals surface area contributed by atoms with Gasteiger partial charge in [0.2, 0.25) is 11.1 Å². The van der Waals surface area contributed by atoms with Gasteiger partial charge >= 0.3 is 0 Å². The summed E-state index contributed by atoms with van der Waals surface area (Å²) in [5, 5.41) is 17.0. The molecule has 9 heteroatoms. The van der Waals surface area contributed by atoms with E-state index in [4.69, 9.17) is 0 Å². The Bertz CT molecular complexity index is 808. The van der Waals surface area contributed by atoms with Gasteiger partial charge in [-0.1, -0.05) is 29.1 Å². The molecule has 0 spiro atoms. The smallest absolute Gasteiger partial charge is 0.249 e. The lowest BCUT2D eigenvalue weighted by atomic mass is 10.3. The Hall–Kier alpha value is -2.42. The van der Waals surface area contributed by atoms with E-state index in [0.29, 0.717) is 23.3 Å². The third-order valence-corrected chi connectivity index (χ3v) is 3.91. The number of rotatable bonds is 2. The van der Waals surface area contributed by atoms with Gasteiger partial charge in [0.1, 0.15) is 12.1 Å². The molecule has 0 aliphatic carbocycles. The molecule has 1 N–H and O–H groups in total. The molecule has 2 aromatic heterocycles. The lowest BCUT2D eigenvalue weighted by Crippen LogP contribution is -2.31. The van der Waals surface area contributed by atoms with Crippen LogP contribution in [-0.4, -0.2) is 41.5 Å². The molecule has 0 radical (unpaired) electrons. The van der Waals surface area contributed by atoms with Crippen molar-refractivity contribution in [2.24, 2.45) is 0 Å². The Morgan fingerprint density at radius 2 is 2.15 bits per heavy atom. The molecule has 0 fully saturated rings. The summed E-state index contributed by atoms with van der Waals surface area (Å²) >= 11 is 1.37. The molecule has 0 bridgehead atoms. The minimum absolute atomic E-state index is 0.0630. The van der Waals surface area contributed by atoms with Crippen LogP contribution in [0.5, 0.6) is 0 Å². The predicted octanol–water partition coefficient (Wildman–Crippen LogP) is 0.247. The molecule has 0 saturated carbocycles. The number of thioether (sulfide) groups is 1. The van der Waals surface area contributed by atoms with E-state index >= 15 is 0 Å². The van der Waals surface area contributed by atoms with Crippen molar-refractivity contribution in [1.29, 1.82) is 0 Å². The highest BCUT2D eigenvalue weighted by molar-refractivity contribution is 7.99. The second-order valence-corrected chi connectivity index (χ2v) is 5.24. The minimum Gasteiger partial charge on any atom is -0.272 e. The molecule has 3 heterocycles. The van der Waals surface area contributed by atoms with Gasteiger partial charge in [-0.25, -0.2) is 9.36 Å². The van der Waals surface area contributed by atoms with Gasteiger partial charge in [0.25, 0.3) is 0 Å². The average Bonchev–Trinajstić information content (AvgIpc) is 3.05. The van der Waals surface area contributed by atoms with Crippen LogP contribution in [0.3, 0.4) is 0 Å². The van der Waals surface area contributed by atoms with Crippen molar-refractivity contribution in [1.82, 2.24) is 29.9 Å². The van der Waals surface area contributed by atoms with Crippen LogP contribution in [-0.2, 0) is 11.3 Å². The maximum atomic E-state index is 11.4. The Morgan fingerprint density at radius 3 is 3.10 bits per heavy atom. The van der Waals surface area contributed by atoms with Gasteiger partial charge in [0.05, 0.1) is 11.3 Å². The van der Waals surface area contributed by atoms with Crippen LogP contribution < -0.4 is 5.43 Å². The number of benzene rings is 1. The van der Waals surface area contributed by atoms with Crippen molar-refractivity contribution >= 4 is 28.7 Å². The zero-order valence-electron chi connectivity index (χ0n) is 10.2. The minimum atomic E-state index is -0.0630. The van der Waals surface area contributed by atoms with Gasteiger partial charge in [-0.15, -0.1) is 15.3 Å². The first-order valence-corrected chi connectivity index (χ1v) is 6.95. The zero-order chi connectivity index (χ0) is 13.5. The van der Waals surface area contributed by atoms with Crippen molar-refractivity contribution in [2.45, 2.75) is 11.7 Å². The lowest BCUT2D eigenvalue weighted by Gasteiger charge is -2.15. The highest BCUT2D eigenvalue weighted by Crippen LogP contribution is 2.20. The fourth-order valence-electron chi connectivity index (χ4n) is 2.06.